The predicted molar refractivity (Wildman–Crippen MR) is 142 cm³/mol. The van der Waals surface area contributed by atoms with Crippen molar-refractivity contribution in [2.75, 3.05) is 41.7 Å². The molecule has 0 aromatic heterocycles. The van der Waals surface area contributed by atoms with E-state index < -0.39 is 0 Å². The zero-order chi connectivity index (χ0) is 25.9. The smallest absolute Gasteiger partial charge is 0.161 e. The highest BCUT2D eigenvalue weighted by molar-refractivity contribution is 5.56. The van der Waals surface area contributed by atoms with Crippen LogP contribution in [-0.2, 0) is 4.74 Å². The van der Waals surface area contributed by atoms with Crippen LogP contribution in [0, 0.1) is 11.8 Å². The highest BCUT2D eigenvalue weighted by Crippen LogP contribution is 2.60. The molecule has 3 aromatic rings. The van der Waals surface area contributed by atoms with Gasteiger partial charge in [-0.05, 0) is 89.2 Å². The van der Waals surface area contributed by atoms with E-state index >= 15 is 0 Å². The van der Waals surface area contributed by atoms with E-state index in [-0.39, 0.29) is 36.4 Å². The normalized spacial score (nSPS) is 24.5. The molecule has 0 bridgehead atoms. The first-order chi connectivity index (χ1) is 18.1. The Hall–Kier alpha value is -3.22. The summed E-state index contributed by atoms with van der Waals surface area (Å²) in [5.74, 6) is 3.84. The van der Waals surface area contributed by atoms with Gasteiger partial charge in [0.05, 0.1) is 34.5 Å². The van der Waals surface area contributed by atoms with Gasteiger partial charge in [0.15, 0.2) is 11.5 Å². The summed E-state index contributed by atoms with van der Waals surface area (Å²) in [6, 6.07) is 20.8. The number of rotatable bonds is 9. The molecular weight excluding hydrogens is 468 g/mol. The highest BCUT2D eigenvalue weighted by Gasteiger charge is 2.49. The number of methoxy groups -OCH3 is 4. The van der Waals surface area contributed by atoms with Gasteiger partial charge in [0.1, 0.15) is 11.5 Å². The van der Waals surface area contributed by atoms with Crippen LogP contribution >= 0.6 is 0 Å². The van der Waals surface area contributed by atoms with Gasteiger partial charge < -0.3 is 28.8 Å². The van der Waals surface area contributed by atoms with Crippen molar-refractivity contribution in [2.24, 2.45) is 11.8 Å². The van der Waals surface area contributed by atoms with Crippen molar-refractivity contribution in [3.05, 3.63) is 82.9 Å². The molecule has 5 atom stereocenters. The Morgan fingerprint density at radius 1 is 0.757 bits per heavy atom. The van der Waals surface area contributed by atoms with Crippen LogP contribution in [0.1, 0.15) is 53.0 Å². The summed E-state index contributed by atoms with van der Waals surface area (Å²) in [7, 11) is 6.72. The minimum Gasteiger partial charge on any atom is -0.497 e. The van der Waals surface area contributed by atoms with Crippen molar-refractivity contribution in [3.8, 4) is 23.0 Å². The second-order valence-electron chi connectivity index (χ2n) is 9.81. The maximum Gasteiger partial charge on any atom is 0.161 e. The van der Waals surface area contributed by atoms with Crippen LogP contribution in [0.4, 0.5) is 0 Å². The number of benzene rings is 3. The topological polar surface area (TPSA) is 66.4 Å². The Balaban J connectivity index is 1.63. The molecule has 37 heavy (non-hydrogen) atoms. The molecule has 0 radical (unpaired) electrons. The molecule has 0 amide bonds. The summed E-state index contributed by atoms with van der Waals surface area (Å²) in [6.07, 6.45) is 1.60. The maximum absolute atomic E-state index is 10.2. The van der Waals surface area contributed by atoms with Crippen LogP contribution in [0.25, 0.3) is 0 Å². The fourth-order valence-corrected chi connectivity index (χ4v) is 6.53. The molecule has 0 saturated carbocycles. The van der Waals surface area contributed by atoms with Crippen LogP contribution in [0.5, 0.6) is 23.0 Å². The Morgan fingerprint density at radius 2 is 1.32 bits per heavy atom. The van der Waals surface area contributed by atoms with E-state index in [9.17, 15) is 5.11 Å². The van der Waals surface area contributed by atoms with E-state index in [0.717, 1.165) is 35.0 Å². The fraction of sp³-hybridized carbons (Fsp3) is 0.419. The van der Waals surface area contributed by atoms with Crippen molar-refractivity contribution in [3.63, 3.8) is 0 Å². The van der Waals surface area contributed by atoms with E-state index in [1.807, 2.05) is 24.3 Å². The quantitative estimate of drug-likeness (QED) is 0.402. The van der Waals surface area contributed by atoms with Gasteiger partial charge in [-0.25, -0.2) is 0 Å². The summed E-state index contributed by atoms with van der Waals surface area (Å²) in [4.78, 5) is 0. The summed E-state index contributed by atoms with van der Waals surface area (Å²) in [5, 5.41) is 10.2. The van der Waals surface area contributed by atoms with E-state index in [1.54, 1.807) is 28.4 Å². The van der Waals surface area contributed by atoms with Crippen LogP contribution < -0.4 is 18.9 Å². The molecule has 5 rings (SSSR count). The Morgan fingerprint density at radius 3 is 1.86 bits per heavy atom. The first-order valence-electron chi connectivity index (χ1n) is 12.9. The van der Waals surface area contributed by atoms with Crippen molar-refractivity contribution in [1.82, 2.24) is 0 Å². The monoisotopic (exact) mass is 504 g/mol. The highest BCUT2D eigenvalue weighted by atomic mass is 16.5. The van der Waals surface area contributed by atoms with Gasteiger partial charge in [-0.15, -0.1) is 0 Å². The molecule has 1 heterocycles. The fourth-order valence-electron chi connectivity index (χ4n) is 6.53. The SMILES string of the molecule is COc1ccc([C@@H]2c3cc(OC)c(OC)cc3[C@@H]([C@@H]3CCO[C@H]3c3ccc(OC)cc3)[C@H]2CCO)cc1. The summed E-state index contributed by atoms with van der Waals surface area (Å²) in [6.45, 7) is 0.830. The van der Waals surface area contributed by atoms with Crippen LogP contribution in [0.15, 0.2) is 60.7 Å². The maximum atomic E-state index is 10.2. The van der Waals surface area contributed by atoms with Gasteiger partial charge >= 0.3 is 0 Å². The molecule has 196 valence electrons. The zero-order valence-corrected chi connectivity index (χ0v) is 22.0. The Kier molecular flexibility index (Phi) is 7.58. The molecule has 6 nitrogen and oxygen atoms in total. The molecule has 1 N–H and O–H groups in total. The molecule has 1 aliphatic carbocycles. The van der Waals surface area contributed by atoms with Gasteiger partial charge in [0, 0.05) is 19.1 Å². The van der Waals surface area contributed by atoms with Crippen molar-refractivity contribution in [2.45, 2.75) is 30.8 Å². The lowest BCUT2D eigenvalue weighted by Gasteiger charge is -2.32. The second kappa shape index (κ2) is 11.0. The van der Waals surface area contributed by atoms with E-state index in [0.29, 0.717) is 13.0 Å². The number of hydrogen-bond donors (Lipinski definition) is 1. The van der Waals surface area contributed by atoms with Crippen molar-refractivity contribution in [1.29, 1.82) is 0 Å². The van der Waals surface area contributed by atoms with E-state index in [4.69, 9.17) is 23.7 Å². The minimum atomic E-state index is -0.0346. The molecule has 1 fully saturated rings. The lowest BCUT2D eigenvalue weighted by atomic mass is 9.72. The van der Waals surface area contributed by atoms with Gasteiger partial charge in [0.2, 0.25) is 0 Å². The Bertz CT molecular complexity index is 1190. The minimum absolute atomic E-state index is 0.0346. The van der Waals surface area contributed by atoms with Crippen LogP contribution in [-0.4, -0.2) is 46.8 Å². The molecule has 3 aromatic carbocycles. The number of ether oxygens (including phenoxy) is 5. The van der Waals surface area contributed by atoms with Gasteiger partial charge in [0.25, 0.3) is 0 Å². The van der Waals surface area contributed by atoms with Gasteiger partial charge in [-0.3, -0.25) is 0 Å². The van der Waals surface area contributed by atoms with E-state index in [1.165, 1.54) is 16.7 Å². The third-order valence-electron chi connectivity index (χ3n) is 8.15. The third-order valence-corrected chi connectivity index (χ3v) is 8.15. The standard InChI is InChI=1S/C31H36O6/c1-33-21-9-5-19(6-10-21)29-23(13-15-32)30(26-18-28(36-4)27(35-3)17-25(26)29)24-14-16-37-31(24)20-7-11-22(34-2)12-8-20/h5-12,17-18,23-24,29-32H,13-16H2,1-4H3/t23-,24-,29-,30+,31-/m0/s1. The van der Waals surface area contributed by atoms with Crippen LogP contribution in [0.3, 0.4) is 0 Å². The average molecular weight is 505 g/mol. The first kappa shape index (κ1) is 25.4. The number of aliphatic hydroxyl groups excluding tert-OH is 1. The Labute approximate surface area is 219 Å². The number of aliphatic hydroxyl groups is 1. The molecule has 1 aliphatic heterocycles. The molecule has 2 aliphatic rings. The number of fused-ring (bicyclic) bond motifs is 1. The molecule has 0 spiro atoms. The molecule has 1 saturated heterocycles. The first-order valence-corrected chi connectivity index (χ1v) is 12.9. The average Bonchev–Trinajstić information content (AvgIpc) is 3.54. The van der Waals surface area contributed by atoms with E-state index in [2.05, 4.69) is 36.4 Å². The molecule has 6 heteroatoms. The third kappa shape index (κ3) is 4.64. The lowest BCUT2D eigenvalue weighted by Crippen LogP contribution is -2.24. The summed E-state index contributed by atoms with van der Waals surface area (Å²) >= 11 is 0. The largest absolute Gasteiger partial charge is 0.497 e. The second-order valence-corrected chi connectivity index (χ2v) is 9.81. The molecular formula is C31H36O6. The van der Waals surface area contributed by atoms with Crippen molar-refractivity contribution >= 4 is 0 Å². The lowest BCUT2D eigenvalue weighted by molar-refractivity contribution is 0.0754. The van der Waals surface area contributed by atoms with Crippen molar-refractivity contribution < 1.29 is 28.8 Å². The van der Waals surface area contributed by atoms with Gasteiger partial charge in [-0.1, -0.05) is 24.3 Å². The summed E-state index contributed by atoms with van der Waals surface area (Å²) < 4.78 is 28.6. The zero-order valence-electron chi connectivity index (χ0n) is 22.0. The van der Waals surface area contributed by atoms with Gasteiger partial charge in [-0.2, -0.15) is 0 Å². The molecule has 0 unspecified atom stereocenters. The van der Waals surface area contributed by atoms with Crippen LogP contribution in [0.2, 0.25) is 0 Å². The summed E-state index contributed by atoms with van der Waals surface area (Å²) in [5.41, 5.74) is 4.84. The predicted octanol–water partition coefficient (Wildman–Crippen LogP) is 5.73. The number of hydrogen-bond acceptors (Lipinski definition) is 6.